The van der Waals surface area contributed by atoms with Crippen molar-refractivity contribution in [1.82, 2.24) is 19.5 Å². The molecular formula is C21H25N7O3S. The summed E-state index contributed by atoms with van der Waals surface area (Å²) in [5.74, 6) is 2.23. The monoisotopic (exact) mass is 455 g/mol. The lowest BCUT2D eigenvalue weighted by Gasteiger charge is -2.32. The molecule has 2 aromatic heterocycles. The largest absolute Gasteiger partial charge is 0.356 e. The number of benzene rings is 1. The van der Waals surface area contributed by atoms with E-state index in [4.69, 9.17) is 0 Å². The van der Waals surface area contributed by atoms with E-state index < -0.39 is 10.0 Å². The van der Waals surface area contributed by atoms with E-state index >= 15 is 0 Å². The zero-order valence-corrected chi connectivity index (χ0v) is 18.7. The average molecular weight is 456 g/mol. The van der Waals surface area contributed by atoms with Crippen LogP contribution in [0.2, 0.25) is 0 Å². The molecule has 32 heavy (non-hydrogen) atoms. The van der Waals surface area contributed by atoms with Crippen molar-refractivity contribution in [1.29, 1.82) is 0 Å². The van der Waals surface area contributed by atoms with Crippen LogP contribution in [0, 0.1) is 12.8 Å². The molecule has 1 aliphatic rings. The molecule has 0 radical (unpaired) electrons. The third kappa shape index (κ3) is 5.22. The molecule has 1 saturated heterocycles. The second-order valence-electron chi connectivity index (χ2n) is 7.78. The lowest BCUT2D eigenvalue weighted by Crippen LogP contribution is -2.38. The fourth-order valence-corrected chi connectivity index (χ4v) is 4.31. The Morgan fingerprint density at radius 2 is 1.78 bits per heavy atom. The number of hydrogen-bond acceptors (Lipinski definition) is 7. The third-order valence-corrected chi connectivity index (χ3v) is 5.94. The van der Waals surface area contributed by atoms with Crippen LogP contribution in [0.4, 0.5) is 17.2 Å². The SMILES string of the molecule is Cc1nccn1-c1cc(N2CCC(C(=O)Nc3cccc(NS(C)(=O)=O)c3)CC2)ncn1. The minimum absolute atomic E-state index is 0.0708. The molecule has 2 N–H and O–H groups in total. The third-order valence-electron chi connectivity index (χ3n) is 5.33. The number of anilines is 3. The van der Waals surface area contributed by atoms with Crippen LogP contribution in [-0.2, 0) is 14.8 Å². The van der Waals surface area contributed by atoms with Crippen molar-refractivity contribution >= 4 is 33.1 Å². The number of carbonyl (C=O) groups is 1. The molecule has 168 valence electrons. The molecular weight excluding hydrogens is 430 g/mol. The van der Waals surface area contributed by atoms with Crippen LogP contribution in [0.1, 0.15) is 18.7 Å². The Morgan fingerprint density at radius 1 is 1.06 bits per heavy atom. The summed E-state index contributed by atoms with van der Waals surface area (Å²) in [4.78, 5) is 27.9. The first-order chi connectivity index (χ1) is 15.3. The Kier molecular flexibility index (Phi) is 6.08. The first kappa shape index (κ1) is 21.8. The van der Waals surface area contributed by atoms with Gasteiger partial charge in [0.05, 0.1) is 11.9 Å². The molecule has 0 bridgehead atoms. The van der Waals surface area contributed by atoms with E-state index in [1.54, 1.807) is 36.8 Å². The van der Waals surface area contributed by atoms with Crippen LogP contribution in [0.15, 0.2) is 49.1 Å². The number of nitrogens with zero attached hydrogens (tertiary/aromatic N) is 5. The summed E-state index contributed by atoms with van der Waals surface area (Å²) in [6.07, 6.45) is 7.60. The number of nitrogens with one attached hydrogen (secondary N) is 2. The zero-order valence-electron chi connectivity index (χ0n) is 17.9. The van der Waals surface area contributed by atoms with Crippen LogP contribution in [0.25, 0.3) is 5.82 Å². The highest BCUT2D eigenvalue weighted by Crippen LogP contribution is 2.25. The summed E-state index contributed by atoms with van der Waals surface area (Å²) in [5, 5.41) is 2.90. The molecule has 0 atom stereocenters. The molecule has 3 heterocycles. The van der Waals surface area contributed by atoms with E-state index in [0.717, 1.165) is 23.7 Å². The minimum Gasteiger partial charge on any atom is -0.356 e. The van der Waals surface area contributed by atoms with E-state index in [1.807, 2.05) is 23.8 Å². The van der Waals surface area contributed by atoms with Gasteiger partial charge in [0.15, 0.2) is 0 Å². The molecule has 0 aliphatic carbocycles. The number of carbonyl (C=O) groups excluding carboxylic acids is 1. The summed E-state index contributed by atoms with van der Waals surface area (Å²) in [5.41, 5.74) is 0.968. The number of sulfonamides is 1. The van der Waals surface area contributed by atoms with Gasteiger partial charge in [-0.1, -0.05) is 6.07 Å². The smallest absolute Gasteiger partial charge is 0.229 e. The topological polar surface area (TPSA) is 122 Å². The lowest BCUT2D eigenvalue weighted by atomic mass is 9.96. The maximum Gasteiger partial charge on any atom is 0.229 e. The van der Waals surface area contributed by atoms with Gasteiger partial charge in [-0.25, -0.2) is 23.4 Å². The van der Waals surface area contributed by atoms with Gasteiger partial charge in [0.25, 0.3) is 0 Å². The first-order valence-electron chi connectivity index (χ1n) is 10.2. The number of piperidine rings is 1. The molecule has 0 unspecified atom stereocenters. The normalized spacial score (nSPS) is 14.9. The lowest BCUT2D eigenvalue weighted by molar-refractivity contribution is -0.120. The van der Waals surface area contributed by atoms with Gasteiger partial charge in [-0.3, -0.25) is 14.1 Å². The number of aromatic nitrogens is 4. The van der Waals surface area contributed by atoms with Gasteiger partial charge in [-0.15, -0.1) is 0 Å². The predicted octanol–water partition coefficient (Wildman–Crippen LogP) is 2.20. The van der Waals surface area contributed by atoms with Crippen molar-refractivity contribution in [3.8, 4) is 5.82 Å². The maximum atomic E-state index is 12.8. The van der Waals surface area contributed by atoms with Gasteiger partial charge >= 0.3 is 0 Å². The molecule has 11 heteroatoms. The van der Waals surface area contributed by atoms with E-state index in [0.29, 0.717) is 37.3 Å². The van der Waals surface area contributed by atoms with Crippen LogP contribution in [-0.4, -0.2) is 53.2 Å². The van der Waals surface area contributed by atoms with Gasteiger partial charge in [0, 0.05) is 43.2 Å². The minimum atomic E-state index is -3.38. The van der Waals surface area contributed by atoms with Crippen LogP contribution in [0.5, 0.6) is 0 Å². The molecule has 1 amide bonds. The van der Waals surface area contributed by atoms with Crippen molar-refractivity contribution in [2.45, 2.75) is 19.8 Å². The Labute approximate surface area is 186 Å². The quantitative estimate of drug-likeness (QED) is 0.584. The molecule has 10 nitrogen and oxygen atoms in total. The number of rotatable bonds is 6. The second-order valence-corrected chi connectivity index (χ2v) is 9.53. The van der Waals surface area contributed by atoms with Gasteiger partial charge in [-0.2, -0.15) is 0 Å². The predicted molar refractivity (Wildman–Crippen MR) is 122 cm³/mol. The van der Waals surface area contributed by atoms with Gasteiger partial charge in [0.2, 0.25) is 15.9 Å². The first-order valence-corrected chi connectivity index (χ1v) is 12.1. The standard InChI is InChI=1S/C21H25N7O3S/c1-15-22-8-11-28(15)20-13-19(23-14-24-20)27-9-6-16(7-10-27)21(29)25-17-4-3-5-18(12-17)26-32(2,30)31/h3-5,8,11-14,16,26H,6-7,9-10H2,1-2H3,(H,25,29). The summed E-state index contributed by atoms with van der Waals surface area (Å²) >= 11 is 0. The van der Waals surface area contributed by atoms with E-state index in [-0.39, 0.29) is 11.8 Å². The number of hydrogen-bond donors (Lipinski definition) is 2. The summed E-state index contributed by atoms with van der Waals surface area (Å²) in [6.45, 7) is 3.32. The number of amides is 1. The van der Waals surface area contributed by atoms with Crippen molar-refractivity contribution in [2.24, 2.45) is 5.92 Å². The zero-order chi connectivity index (χ0) is 22.7. The highest BCUT2D eigenvalue weighted by molar-refractivity contribution is 7.92. The molecule has 0 saturated carbocycles. The summed E-state index contributed by atoms with van der Waals surface area (Å²) in [7, 11) is -3.38. The van der Waals surface area contributed by atoms with E-state index in [9.17, 15) is 13.2 Å². The Morgan fingerprint density at radius 3 is 2.47 bits per heavy atom. The fourth-order valence-electron chi connectivity index (χ4n) is 3.75. The maximum absolute atomic E-state index is 12.8. The molecule has 1 aromatic carbocycles. The fraction of sp³-hybridized carbons (Fsp3) is 0.333. The number of imidazole rings is 1. The Bertz CT molecular complexity index is 1220. The summed E-state index contributed by atoms with van der Waals surface area (Å²) in [6, 6.07) is 8.60. The van der Waals surface area contributed by atoms with Gasteiger partial charge in [-0.05, 0) is 38.0 Å². The molecule has 3 aromatic rings. The van der Waals surface area contributed by atoms with E-state index in [2.05, 4.69) is 29.9 Å². The van der Waals surface area contributed by atoms with Crippen LogP contribution < -0.4 is 14.9 Å². The highest BCUT2D eigenvalue weighted by atomic mass is 32.2. The van der Waals surface area contributed by atoms with Crippen molar-refractivity contribution in [2.75, 3.05) is 34.3 Å². The average Bonchev–Trinajstić information content (AvgIpc) is 3.19. The van der Waals surface area contributed by atoms with Crippen LogP contribution >= 0.6 is 0 Å². The molecule has 4 rings (SSSR count). The Balaban J connectivity index is 1.37. The Hall–Kier alpha value is -3.47. The van der Waals surface area contributed by atoms with Gasteiger partial charge < -0.3 is 10.2 Å². The van der Waals surface area contributed by atoms with Crippen molar-refractivity contribution in [3.05, 3.63) is 54.9 Å². The van der Waals surface area contributed by atoms with Crippen molar-refractivity contribution < 1.29 is 13.2 Å². The number of aryl methyl sites for hydroxylation is 1. The van der Waals surface area contributed by atoms with Crippen LogP contribution in [0.3, 0.4) is 0 Å². The van der Waals surface area contributed by atoms with Gasteiger partial charge in [0.1, 0.15) is 23.8 Å². The van der Waals surface area contributed by atoms with Crippen molar-refractivity contribution in [3.63, 3.8) is 0 Å². The highest BCUT2D eigenvalue weighted by Gasteiger charge is 2.26. The molecule has 1 aliphatic heterocycles. The summed E-state index contributed by atoms with van der Waals surface area (Å²) < 4.78 is 27.1. The second kappa shape index (κ2) is 8.95. The molecule has 0 spiro atoms. The molecule has 1 fully saturated rings. The van der Waals surface area contributed by atoms with E-state index in [1.165, 1.54) is 0 Å².